The minimum absolute atomic E-state index is 0.328. The topological polar surface area (TPSA) is 24.9 Å². The summed E-state index contributed by atoms with van der Waals surface area (Å²) >= 11 is 0. The maximum absolute atomic E-state index is 4.56. The zero-order chi connectivity index (χ0) is 14.2. The molecular weight excluding hydrogens is 244 g/mol. The van der Waals surface area contributed by atoms with Gasteiger partial charge in [0.2, 0.25) is 0 Å². The summed E-state index contributed by atoms with van der Waals surface area (Å²) in [5.74, 6) is 6.14. The molecular formula is C18H22N2. The lowest BCUT2D eigenvalue weighted by atomic mass is 9.98. The van der Waals surface area contributed by atoms with Crippen molar-refractivity contribution in [3.8, 4) is 11.8 Å². The van der Waals surface area contributed by atoms with Crippen LogP contribution in [0.15, 0.2) is 36.5 Å². The SMILES string of the molecule is CC#CCCC(NCCC)c1cccc2cccnc12. The zero-order valence-electron chi connectivity index (χ0n) is 12.3. The van der Waals surface area contributed by atoms with Gasteiger partial charge in [0.1, 0.15) is 0 Å². The quantitative estimate of drug-likeness (QED) is 0.797. The summed E-state index contributed by atoms with van der Waals surface area (Å²) in [5, 5.41) is 4.83. The van der Waals surface area contributed by atoms with E-state index in [0.717, 1.165) is 31.3 Å². The average molecular weight is 266 g/mol. The molecule has 1 aromatic carbocycles. The summed E-state index contributed by atoms with van der Waals surface area (Å²) in [6.07, 6.45) is 4.94. The average Bonchev–Trinajstić information content (AvgIpc) is 2.50. The van der Waals surface area contributed by atoms with Crippen molar-refractivity contribution in [3.63, 3.8) is 0 Å². The second kappa shape index (κ2) is 7.67. The Hall–Kier alpha value is -1.85. The number of hydrogen-bond acceptors (Lipinski definition) is 2. The van der Waals surface area contributed by atoms with E-state index in [1.165, 1.54) is 10.9 Å². The Kier molecular flexibility index (Phi) is 5.58. The van der Waals surface area contributed by atoms with Gasteiger partial charge in [-0.15, -0.1) is 11.8 Å². The third-order valence-electron chi connectivity index (χ3n) is 3.41. The highest BCUT2D eigenvalue weighted by Crippen LogP contribution is 2.25. The van der Waals surface area contributed by atoms with Crippen LogP contribution in [0, 0.1) is 11.8 Å². The first-order chi connectivity index (χ1) is 9.86. The van der Waals surface area contributed by atoms with Gasteiger partial charge in [0.05, 0.1) is 5.52 Å². The number of para-hydroxylation sites is 1. The first kappa shape index (κ1) is 14.6. The third kappa shape index (κ3) is 3.59. The molecule has 0 fully saturated rings. The fourth-order valence-corrected chi connectivity index (χ4v) is 2.44. The molecule has 2 rings (SSSR count). The highest BCUT2D eigenvalue weighted by molar-refractivity contribution is 5.82. The predicted molar refractivity (Wildman–Crippen MR) is 85.5 cm³/mol. The number of benzene rings is 1. The molecule has 0 radical (unpaired) electrons. The molecule has 1 heterocycles. The van der Waals surface area contributed by atoms with Crippen LogP contribution < -0.4 is 5.32 Å². The Labute approximate surface area is 121 Å². The molecule has 0 aliphatic heterocycles. The molecule has 0 aliphatic carbocycles. The van der Waals surface area contributed by atoms with Crippen molar-refractivity contribution in [2.45, 2.75) is 39.2 Å². The first-order valence-corrected chi connectivity index (χ1v) is 7.33. The van der Waals surface area contributed by atoms with Gasteiger partial charge >= 0.3 is 0 Å². The monoisotopic (exact) mass is 266 g/mol. The van der Waals surface area contributed by atoms with Crippen LogP contribution >= 0.6 is 0 Å². The number of pyridine rings is 1. The van der Waals surface area contributed by atoms with E-state index in [1.54, 1.807) is 0 Å². The van der Waals surface area contributed by atoms with Crippen LogP contribution in [0.2, 0.25) is 0 Å². The van der Waals surface area contributed by atoms with Gasteiger partial charge in [0.15, 0.2) is 0 Å². The summed E-state index contributed by atoms with van der Waals surface area (Å²) in [6, 6.07) is 10.9. The summed E-state index contributed by atoms with van der Waals surface area (Å²) in [5.41, 5.74) is 2.39. The Bertz CT molecular complexity index is 602. The van der Waals surface area contributed by atoms with Crippen molar-refractivity contribution in [2.24, 2.45) is 0 Å². The van der Waals surface area contributed by atoms with Crippen molar-refractivity contribution in [1.29, 1.82) is 0 Å². The van der Waals surface area contributed by atoms with Gasteiger partial charge < -0.3 is 5.32 Å². The molecule has 1 aromatic heterocycles. The normalized spacial score (nSPS) is 11.9. The fourth-order valence-electron chi connectivity index (χ4n) is 2.44. The van der Waals surface area contributed by atoms with Gasteiger partial charge in [-0.25, -0.2) is 0 Å². The second-order valence-corrected chi connectivity index (χ2v) is 4.89. The molecule has 1 atom stereocenters. The smallest absolute Gasteiger partial charge is 0.0749 e. The van der Waals surface area contributed by atoms with Gasteiger partial charge in [-0.1, -0.05) is 31.2 Å². The van der Waals surface area contributed by atoms with E-state index in [9.17, 15) is 0 Å². The standard InChI is InChI=1S/C18H22N2/c1-3-5-6-12-17(19-13-4-2)16-11-7-9-15-10-8-14-20-18(15)16/h7-11,14,17,19H,4,6,12-13H2,1-2H3. The molecule has 2 heteroatoms. The molecule has 104 valence electrons. The summed E-state index contributed by atoms with van der Waals surface area (Å²) in [7, 11) is 0. The number of rotatable bonds is 6. The van der Waals surface area contributed by atoms with Crippen molar-refractivity contribution in [2.75, 3.05) is 6.54 Å². The van der Waals surface area contributed by atoms with Gasteiger partial charge in [-0.3, -0.25) is 4.98 Å². The zero-order valence-corrected chi connectivity index (χ0v) is 12.3. The van der Waals surface area contributed by atoms with Crippen molar-refractivity contribution in [1.82, 2.24) is 10.3 Å². The predicted octanol–water partition coefficient (Wildman–Crippen LogP) is 4.08. The molecule has 0 aliphatic rings. The second-order valence-electron chi connectivity index (χ2n) is 4.89. The van der Waals surface area contributed by atoms with Crippen LogP contribution in [0.1, 0.15) is 44.7 Å². The number of nitrogens with one attached hydrogen (secondary N) is 1. The molecule has 0 saturated heterocycles. The molecule has 1 N–H and O–H groups in total. The van der Waals surface area contributed by atoms with E-state index in [2.05, 4.69) is 53.3 Å². The number of nitrogens with zero attached hydrogens (tertiary/aromatic N) is 1. The van der Waals surface area contributed by atoms with E-state index >= 15 is 0 Å². The maximum Gasteiger partial charge on any atom is 0.0749 e. The van der Waals surface area contributed by atoms with Crippen molar-refractivity contribution >= 4 is 10.9 Å². The minimum atomic E-state index is 0.328. The first-order valence-electron chi connectivity index (χ1n) is 7.33. The van der Waals surface area contributed by atoms with Crippen LogP contribution in [-0.2, 0) is 0 Å². The fraction of sp³-hybridized carbons (Fsp3) is 0.389. The lowest BCUT2D eigenvalue weighted by Gasteiger charge is -2.19. The Morgan fingerprint density at radius 2 is 2.10 bits per heavy atom. The molecule has 1 unspecified atom stereocenters. The summed E-state index contributed by atoms with van der Waals surface area (Å²) in [6.45, 7) is 5.11. The Morgan fingerprint density at radius 3 is 2.90 bits per heavy atom. The van der Waals surface area contributed by atoms with Gasteiger partial charge in [0, 0.05) is 24.0 Å². The third-order valence-corrected chi connectivity index (χ3v) is 3.41. The highest BCUT2D eigenvalue weighted by atomic mass is 14.9. The highest BCUT2D eigenvalue weighted by Gasteiger charge is 2.13. The lowest BCUT2D eigenvalue weighted by molar-refractivity contribution is 0.508. The number of aromatic nitrogens is 1. The van der Waals surface area contributed by atoms with Crippen LogP contribution in [0.3, 0.4) is 0 Å². The Balaban J connectivity index is 2.30. The Morgan fingerprint density at radius 1 is 1.25 bits per heavy atom. The number of fused-ring (bicyclic) bond motifs is 1. The minimum Gasteiger partial charge on any atom is -0.310 e. The number of hydrogen-bond donors (Lipinski definition) is 1. The van der Waals surface area contributed by atoms with E-state index < -0.39 is 0 Å². The van der Waals surface area contributed by atoms with E-state index in [0.29, 0.717) is 6.04 Å². The summed E-state index contributed by atoms with van der Waals surface area (Å²) < 4.78 is 0. The summed E-state index contributed by atoms with van der Waals surface area (Å²) in [4.78, 5) is 4.56. The molecule has 0 spiro atoms. The van der Waals surface area contributed by atoms with Crippen molar-refractivity contribution in [3.05, 3.63) is 42.1 Å². The van der Waals surface area contributed by atoms with Gasteiger partial charge in [-0.05, 0) is 37.9 Å². The van der Waals surface area contributed by atoms with E-state index in [-0.39, 0.29) is 0 Å². The largest absolute Gasteiger partial charge is 0.310 e. The molecule has 0 bridgehead atoms. The molecule has 0 saturated carbocycles. The van der Waals surface area contributed by atoms with Crippen LogP contribution in [0.5, 0.6) is 0 Å². The van der Waals surface area contributed by atoms with E-state index in [4.69, 9.17) is 0 Å². The van der Waals surface area contributed by atoms with Crippen LogP contribution in [0.25, 0.3) is 10.9 Å². The molecule has 0 amide bonds. The van der Waals surface area contributed by atoms with Crippen LogP contribution in [-0.4, -0.2) is 11.5 Å². The van der Waals surface area contributed by atoms with Crippen LogP contribution in [0.4, 0.5) is 0 Å². The van der Waals surface area contributed by atoms with Gasteiger partial charge in [-0.2, -0.15) is 0 Å². The molecule has 2 aromatic rings. The molecule has 2 nitrogen and oxygen atoms in total. The maximum atomic E-state index is 4.56. The van der Waals surface area contributed by atoms with E-state index in [1.807, 2.05) is 19.2 Å². The van der Waals surface area contributed by atoms with Gasteiger partial charge in [0.25, 0.3) is 0 Å². The lowest BCUT2D eigenvalue weighted by Crippen LogP contribution is -2.22. The molecule has 20 heavy (non-hydrogen) atoms. The van der Waals surface area contributed by atoms with Crippen molar-refractivity contribution < 1.29 is 0 Å².